The molecule has 0 radical (unpaired) electrons. The summed E-state index contributed by atoms with van der Waals surface area (Å²) in [6, 6.07) is 0. The molecule has 11 heteroatoms. The van der Waals surface area contributed by atoms with Crippen LogP contribution in [0.5, 0.6) is 0 Å². The largest absolute Gasteiger partial charge is 0.394 e. The average molecular weight is 330 g/mol. The molecule has 0 aliphatic carbocycles. The van der Waals surface area contributed by atoms with Gasteiger partial charge in [0.05, 0.1) is 6.61 Å². The van der Waals surface area contributed by atoms with Crippen molar-refractivity contribution in [3.05, 3.63) is 0 Å². The maximum atomic E-state index is 10.1. The van der Waals surface area contributed by atoms with Crippen molar-refractivity contribution < 1.29 is 24.8 Å². The van der Waals surface area contributed by atoms with Crippen molar-refractivity contribution in [1.29, 1.82) is 0 Å². The zero-order valence-corrected chi connectivity index (χ0v) is 12.7. The number of hydrogen-bond donors (Lipinski definition) is 5. The van der Waals surface area contributed by atoms with E-state index in [0.717, 1.165) is 0 Å². The van der Waals surface area contributed by atoms with Gasteiger partial charge in [0.15, 0.2) is 12.1 Å². The van der Waals surface area contributed by atoms with E-state index < -0.39 is 37.0 Å². The van der Waals surface area contributed by atoms with Gasteiger partial charge in [-0.2, -0.15) is 0 Å². The molecule has 0 aromatic carbocycles. The molecule has 130 valence electrons. The fraction of sp³-hybridized carbons (Fsp3) is 0.750. The minimum atomic E-state index is -1.42. The maximum Gasteiger partial charge on any atom is 0.263 e. The molecular formula is C12H22N6O5. The van der Waals surface area contributed by atoms with Crippen LogP contribution in [0.15, 0.2) is 15.0 Å². The Morgan fingerprint density at radius 3 is 2.83 bits per heavy atom. The molecule has 0 aromatic rings. The fourth-order valence-corrected chi connectivity index (χ4v) is 2.72. The van der Waals surface area contributed by atoms with E-state index in [2.05, 4.69) is 15.0 Å². The van der Waals surface area contributed by atoms with Crippen LogP contribution < -0.4 is 11.9 Å². The van der Waals surface area contributed by atoms with Crippen LogP contribution >= 0.6 is 0 Å². The molecule has 5 atom stereocenters. The molecule has 8 N–H and O–H groups in total. The highest BCUT2D eigenvalue weighted by molar-refractivity contribution is 6.47. The Balaban J connectivity index is 0.00000192. The predicted molar refractivity (Wildman–Crippen MR) is 81.4 cm³/mol. The van der Waals surface area contributed by atoms with Crippen molar-refractivity contribution in [1.82, 2.24) is 11.1 Å². The first-order valence-corrected chi connectivity index (χ1v) is 7.00. The molecule has 3 rings (SSSR count). The van der Waals surface area contributed by atoms with Gasteiger partial charge in [-0.25, -0.2) is 9.98 Å². The van der Waals surface area contributed by atoms with Gasteiger partial charge in [0, 0.05) is 6.61 Å². The topological polar surface area (TPSA) is 180 Å². The van der Waals surface area contributed by atoms with E-state index >= 15 is 0 Å². The lowest BCUT2D eigenvalue weighted by atomic mass is 10.1. The standard InChI is InChI=1S/C12H19N5O5.H3N/c1-2-21-12(13)9-10(14-4-16-12)17(5-15-9)11-8(20)7(19)6(3-18)22-11;/h4,6-8,11,18-20H,2-3,5,13H2,1H3;1H3/t6-,7-,8-,11-,12?;/m1./s1. The highest BCUT2D eigenvalue weighted by Crippen LogP contribution is 2.29. The van der Waals surface area contributed by atoms with E-state index in [1.54, 1.807) is 11.8 Å². The lowest BCUT2D eigenvalue weighted by Gasteiger charge is -2.31. The quantitative estimate of drug-likeness (QED) is 0.347. The zero-order chi connectivity index (χ0) is 15.9. The fourth-order valence-electron chi connectivity index (χ4n) is 2.72. The number of rotatable bonds is 4. The smallest absolute Gasteiger partial charge is 0.263 e. The lowest BCUT2D eigenvalue weighted by molar-refractivity contribution is -0.0689. The molecule has 11 nitrogen and oxygen atoms in total. The summed E-state index contributed by atoms with van der Waals surface area (Å²) in [5.41, 5.74) is 6.42. The summed E-state index contributed by atoms with van der Waals surface area (Å²) in [7, 11) is 0. The van der Waals surface area contributed by atoms with Crippen LogP contribution in [0, 0.1) is 0 Å². The highest BCUT2D eigenvalue weighted by atomic mass is 16.6. The van der Waals surface area contributed by atoms with Crippen molar-refractivity contribution >= 4 is 17.9 Å². The van der Waals surface area contributed by atoms with Gasteiger partial charge in [-0.05, 0) is 6.92 Å². The minimum absolute atomic E-state index is 0. The van der Waals surface area contributed by atoms with Crippen LogP contribution in [0.1, 0.15) is 6.92 Å². The Morgan fingerprint density at radius 1 is 1.48 bits per heavy atom. The Hall–Kier alpha value is -1.47. The summed E-state index contributed by atoms with van der Waals surface area (Å²) in [5.74, 6) is -1.04. The second kappa shape index (κ2) is 6.57. The minimum Gasteiger partial charge on any atom is -0.394 e. The van der Waals surface area contributed by atoms with Crippen molar-refractivity contribution in [2.45, 2.75) is 37.3 Å². The van der Waals surface area contributed by atoms with Crippen LogP contribution in [0.25, 0.3) is 0 Å². The Labute approximate surface area is 132 Å². The summed E-state index contributed by atoms with van der Waals surface area (Å²) >= 11 is 0. The second-order valence-corrected chi connectivity index (χ2v) is 5.17. The van der Waals surface area contributed by atoms with E-state index in [4.69, 9.17) is 20.3 Å². The number of ether oxygens (including phenoxy) is 2. The number of fused-ring (bicyclic) bond motifs is 1. The first-order chi connectivity index (χ1) is 10.5. The first kappa shape index (κ1) is 17.9. The summed E-state index contributed by atoms with van der Waals surface area (Å²) in [4.78, 5) is 14.0. The third kappa shape index (κ3) is 2.76. The van der Waals surface area contributed by atoms with Crippen LogP contribution in [0.2, 0.25) is 0 Å². The molecule has 3 aliphatic rings. The zero-order valence-electron chi connectivity index (χ0n) is 12.7. The number of aliphatic hydroxyl groups excluding tert-OH is 3. The van der Waals surface area contributed by atoms with Crippen molar-refractivity contribution in [2.24, 2.45) is 20.7 Å². The molecule has 0 bridgehead atoms. The van der Waals surface area contributed by atoms with Crippen molar-refractivity contribution in [2.75, 3.05) is 19.9 Å². The van der Waals surface area contributed by atoms with Gasteiger partial charge in [-0.1, -0.05) is 0 Å². The van der Waals surface area contributed by atoms with Gasteiger partial charge in [-0.15, -0.1) is 0 Å². The molecule has 0 spiro atoms. The molecule has 0 saturated carbocycles. The Kier molecular flexibility index (Phi) is 5.10. The Bertz CT molecular complexity index is 540. The third-order valence-electron chi connectivity index (χ3n) is 3.82. The summed E-state index contributed by atoms with van der Waals surface area (Å²) in [6.07, 6.45) is -2.87. The van der Waals surface area contributed by atoms with Crippen molar-refractivity contribution in [3.8, 4) is 0 Å². The van der Waals surface area contributed by atoms with Gasteiger partial charge in [0.25, 0.3) is 5.85 Å². The van der Waals surface area contributed by atoms with Crippen LogP contribution in [-0.4, -0.2) is 88.4 Å². The van der Waals surface area contributed by atoms with E-state index in [0.29, 0.717) is 18.2 Å². The predicted octanol–water partition coefficient (Wildman–Crippen LogP) is -2.61. The summed E-state index contributed by atoms with van der Waals surface area (Å²) in [5, 5.41) is 29.1. The van der Waals surface area contributed by atoms with Gasteiger partial charge in [0.2, 0.25) is 0 Å². The maximum absolute atomic E-state index is 10.1. The first-order valence-electron chi connectivity index (χ1n) is 7.00. The number of aliphatic imine (C=N–C) groups is 3. The van der Waals surface area contributed by atoms with Crippen molar-refractivity contribution in [3.63, 3.8) is 0 Å². The average Bonchev–Trinajstić information content (AvgIpc) is 3.03. The lowest BCUT2D eigenvalue weighted by Crippen LogP contribution is -2.56. The molecule has 1 fully saturated rings. The molecule has 3 aliphatic heterocycles. The number of aliphatic hydroxyl groups is 3. The molecule has 1 saturated heterocycles. The van der Waals surface area contributed by atoms with E-state index in [1.807, 2.05) is 0 Å². The number of nitrogens with two attached hydrogens (primary N) is 1. The normalized spacial score (nSPS) is 38.9. The molecule has 0 aromatic heterocycles. The summed E-state index contributed by atoms with van der Waals surface area (Å²) in [6.45, 7) is 1.86. The van der Waals surface area contributed by atoms with Gasteiger partial charge in [-0.3, -0.25) is 10.7 Å². The third-order valence-corrected chi connectivity index (χ3v) is 3.82. The van der Waals surface area contributed by atoms with Crippen LogP contribution in [-0.2, 0) is 9.47 Å². The summed E-state index contributed by atoms with van der Waals surface area (Å²) < 4.78 is 10.9. The van der Waals surface area contributed by atoms with Crippen LogP contribution in [0.3, 0.4) is 0 Å². The van der Waals surface area contributed by atoms with E-state index in [9.17, 15) is 10.2 Å². The van der Waals surface area contributed by atoms with E-state index in [-0.39, 0.29) is 12.8 Å². The number of nitrogens with zero attached hydrogens (tertiary/aromatic N) is 4. The van der Waals surface area contributed by atoms with E-state index in [1.165, 1.54) is 6.34 Å². The van der Waals surface area contributed by atoms with Crippen LogP contribution in [0.4, 0.5) is 0 Å². The molecule has 1 unspecified atom stereocenters. The number of hydrogen-bond acceptors (Lipinski definition) is 11. The monoisotopic (exact) mass is 330 g/mol. The molecular weight excluding hydrogens is 308 g/mol. The Morgan fingerprint density at radius 2 is 2.22 bits per heavy atom. The number of amidine groups is 1. The second-order valence-electron chi connectivity index (χ2n) is 5.17. The molecule has 0 amide bonds. The highest BCUT2D eigenvalue weighted by Gasteiger charge is 2.50. The molecule has 3 heterocycles. The van der Waals surface area contributed by atoms with Gasteiger partial charge in [0.1, 0.15) is 37.0 Å². The SMILES string of the molecule is CCOC1(N)N=CN=C2C1=NCN2[C@@H]1O[C@H](CO)[C@@H](O)[C@H]1O.N. The molecule has 23 heavy (non-hydrogen) atoms. The van der Waals surface area contributed by atoms with Gasteiger partial charge >= 0.3 is 0 Å². The van der Waals surface area contributed by atoms with Gasteiger partial charge < -0.3 is 35.8 Å².